The van der Waals surface area contributed by atoms with E-state index in [1.807, 2.05) is 24.3 Å². The Labute approximate surface area is 179 Å². The van der Waals surface area contributed by atoms with E-state index in [-0.39, 0.29) is 5.91 Å². The SMILES string of the molecule is CN=C(NCCCN1CCc2ccccc2C1)NCCc1cccc(C(=O)NC)c1. The molecule has 2 aromatic carbocycles. The van der Waals surface area contributed by atoms with Gasteiger partial charge < -0.3 is 16.0 Å². The van der Waals surface area contributed by atoms with E-state index < -0.39 is 0 Å². The van der Waals surface area contributed by atoms with Crippen molar-refractivity contribution in [3.63, 3.8) is 0 Å². The lowest BCUT2D eigenvalue weighted by atomic mass is 10.00. The molecule has 1 heterocycles. The number of nitrogens with zero attached hydrogens (tertiary/aromatic N) is 2. The predicted molar refractivity (Wildman–Crippen MR) is 123 cm³/mol. The number of rotatable bonds is 8. The highest BCUT2D eigenvalue weighted by atomic mass is 16.1. The van der Waals surface area contributed by atoms with Crippen LogP contribution in [-0.4, -0.2) is 57.0 Å². The van der Waals surface area contributed by atoms with Gasteiger partial charge in [0.2, 0.25) is 0 Å². The molecule has 1 aliphatic rings. The lowest BCUT2D eigenvalue weighted by Crippen LogP contribution is -2.40. The van der Waals surface area contributed by atoms with E-state index in [0.717, 1.165) is 63.5 Å². The van der Waals surface area contributed by atoms with Crippen LogP contribution in [0.2, 0.25) is 0 Å². The molecule has 0 unspecified atom stereocenters. The van der Waals surface area contributed by atoms with Crippen molar-refractivity contribution in [3.05, 3.63) is 70.8 Å². The maximum absolute atomic E-state index is 11.8. The number of fused-ring (bicyclic) bond motifs is 1. The monoisotopic (exact) mass is 407 g/mol. The average molecular weight is 408 g/mol. The second kappa shape index (κ2) is 11.4. The van der Waals surface area contributed by atoms with Crippen molar-refractivity contribution in [1.82, 2.24) is 20.9 Å². The average Bonchev–Trinajstić information content (AvgIpc) is 2.80. The van der Waals surface area contributed by atoms with E-state index >= 15 is 0 Å². The topological polar surface area (TPSA) is 68.8 Å². The fraction of sp³-hybridized carbons (Fsp3) is 0.417. The third-order valence-corrected chi connectivity index (χ3v) is 5.50. The number of guanidine groups is 1. The summed E-state index contributed by atoms with van der Waals surface area (Å²) in [5, 5.41) is 9.42. The molecule has 0 atom stereocenters. The molecule has 2 aromatic rings. The molecule has 0 bridgehead atoms. The highest BCUT2D eigenvalue weighted by molar-refractivity contribution is 5.94. The molecule has 0 aliphatic carbocycles. The molecule has 0 aromatic heterocycles. The number of benzene rings is 2. The van der Waals surface area contributed by atoms with Crippen LogP contribution in [0.15, 0.2) is 53.5 Å². The van der Waals surface area contributed by atoms with E-state index in [2.05, 4.69) is 50.1 Å². The van der Waals surface area contributed by atoms with Gasteiger partial charge in [0.25, 0.3) is 5.91 Å². The van der Waals surface area contributed by atoms with Gasteiger partial charge in [-0.1, -0.05) is 36.4 Å². The van der Waals surface area contributed by atoms with Crippen molar-refractivity contribution >= 4 is 11.9 Å². The fourth-order valence-corrected chi connectivity index (χ4v) is 3.81. The molecule has 1 amide bonds. The Morgan fingerprint density at radius 3 is 2.67 bits per heavy atom. The number of carbonyl (C=O) groups excluding carboxylic acids is 1. The number of nitrogens with one attached hydrogen (secondary N) is 3. The summed E-state index contributed by atoms with van der Waals surface area (Å²) in [6, 6.07) is 16.5. The third-order valence-electron chi connectivity index (χ3n) is 5.50. The molecule has 6 heteroatoms. The molecule has 30 heavy (non-hydrogen) atoms. The van der Waals surface area contributed by atoms with E-state index in [1.54, 1.807) is 14.1 Å². The molecule has 0 saturated carbocycles. The zero-order valence-electron chi connectivity index (χ0n) is 18.1. The zero-order chi connectivity index (χ0) is 21.2. The van der Waals surface area contributed by atoms with Crippen LogP contribution < -0.4 is 16.0 Å². The molecule has 0 spiro atoms. The van der Waals surface area contributed by atoms with Crippen LogP contribution in [0.1, 0.15) is 33.5 Å². The smallest absolute Gasteiger partial charge is 0.251 e. The Morgan fingerprint density at radius 2 is 1.87 bits per heavy atom. The molecule has 6 nitrogen and oxygen atoms in total. The van der Waals surface area contributed by atoms with Crippen molar-refractivity contribution in [1.29, 1.82) is 0 Å². The molecular weight excluding hydrogens is 374 g/mol. The zero-order valence-corrected chi connectivity index (χ0v) is 18.1. The number of amides is 1. The van der Waals surface area contributed by atoms with Gasteiger partial charge in [0.1, 0.15) is 0 Å². The van der Waals surface area contributed by atoms with Gasteiger partial charge in [0.15, 0.2) is 5.96 Å². The maximum atomic E-state index is 11.8. The van der Waals surface area contributed by atoms with E-state index in [0.29, 0.717) is 5.56 Å². The van der Waals surface area contributed by atoms with E-state index in [4.69, 9.17) is 0 Å². The molecule has 0 radical (unpaired) electrons. The van der Waals surface area contributed by atoms with Gasteiger partial charge in [-0.15, -0.1) is 0 Å². The molecule has 0 fully saturated rings. The summed E-state index contributed by atoms with van der Waals surface area (Å²) in [6.45, 7) is 4.94. The second-order valence-corrected chi connectivity index (χ2v) is 7.60. The first-order valence-corrected chi connectivity index (χ1v) is 10.7. The Balaban J connectivity index is 1.34. The number of aliphatic imine (C=N–C) groups is 1. The van der Waals surface area contributed by atoms with Crippen LogP contribution in [-0.2, 0) is 19.4 Å². The minimum Gasteiger partial charge on any atom is -0.356 e. The second-order valence-electron chi connectivity index (χ2n) is 7.60. The van der Waals surface area contributed by atoms with Crippen molar-refractivity contribution in [2.24, 2.45) is 4.99 Å². The summed E-state index contributed by atoms with van der Waals surface area (Å²) in [6.07, 6.45) is 3.06. The largest absolute Gasteiger partial charge is 0.356 e. The van der Waals surface area contributed by atoms with Crippen molar-refractivity contribution in [3.8, 4) is 0 Å². The summed E-state index contributed by atoms with van der Waals surface area (Å²) in [5.74, 6) is 0.765. The van der Waals surface area contributed by atoms with Crippen LogP contribution >= 0.6 is 0 Å². The van der Waals surface area contributed by atoms with E-state index in [1.165, 1.54) is 11.1 Å². The lowest BCUT2D eigenvalue weighted by Gasteiger charge is -2.28. The van der Waals surface area contributed by atoms with Gasteiger partial charge in [-0.2, -0.15) is 0 Å². The molecule has 3 N–H and O–H groups in total. The molecule has 1 aliphatic heterocycles. The highest BCUT2D eigenvalue weighted by Crippen LogP contribution is 2.18. The fourth-order valence-electron chi connectivity index (χ4n) is 3.81. The van der Waals surface area contributed by atoms with E-state index in [9.17, 15) is 4.79 Å². The quantitative estimate of drug-likeness (QED) is 0.357. The minimum atomic E-state index is -0.0560. The molecule has 0 saturated heterocycles. The van der Waals surface area contributed by atoms with Crippen LogP contribution in [0.25, 0.3) is 0 Å². The van der Waals surface area contributed by atoms with Gasteiger partial charge >= 0.3 is 0 Å². The number of carbonyl (C=O) groups is 1. The summed E-state index contributed by atoms with van der Waals surface area (Å²) < 4.78 is 0. The van der Waals surface area contributed by atoms with Crippen LogP contribution in [0, 0.1) is 0 Å². The Morgan fingerprint density at radius 1 is 1.07 bits per heavy atom. The third kappa shape index (κ3) is 6.32. The van der Waals surface area contributed by atoms with Gasteiger partial charge in [-0.05, 0) is 48.1 Å². The summed E-state index contributed by atoms with van der Waals surface area (Å²) >= 11 is 0. The van der Waals surface area contributed by atoms with Gasteiger partial charge in [-0.3, -0.25) is 14.7 Å². The van der Waals surface area contributed by atoms with Crippen LogP contribution in [0.5, 0.6) is 0 Å². The number of hydrogen-bond donors (Lipinski definition) is 3. The van der Waals surface area contributed by atoms with Gasteiger partial charge in [0.05, 0.1) is 0 Å². The first-order valence-electron chi connectivity index (χ1n) is 10.7. The minimum absolute atomic E-state index is 0.0560. The Hall–Kier alpha value is -2.86. The molecule has 160 valence electrons. The van der Waals surface area contributed by atoms with Crippen molar-refractivity contribution in [2.75, 3.05) is 40.3 Å². The number of hydrogen-bond acceptors (Lipinski definition) is 3. The van der Waals surface area contributed by atoms with Gasteiger partial charge in [-0.25, -0.2) is 0 Å². The first kappa shape index (κ1) is 21.8. The predicted octanol–water partition coefficient (Wildman–Crippen LogP) is 2.20. The Bertz CT molecular complexity index is 864. The first-order chi connectivity index (χ1) is 14.7. The summed E-state index contributed by atoms with van der Waals surface area (Å²) in [7, 11) is 3.44. The van der Waals surface area contributed by atoms with Crippen molar-refractivity contribution < 1.29 is 4.79 Å². The lowest BCUT2D eigenvalue weighted by molar-refractivity contribution is 0.0963. The van der Waals surface area contributed by atoms with Gasteiger partial charge in [0, 0.05) is 52.4 Å². The van der Waals surface area contributed by atoms with Crippen LogP contribution in [0.3, 0.4) is 0 Å². The molecular formula is C24H33N5O. The summed E-state index contributed by atoms with van der Waals surface area (Å²) in [4.78, 5) is 18.6. The molecule has 3 rings (SSSR count). The normalized spacial score (nSPS) is 14.1. The summed E-state index contributed by atoms with van der Waals surface area (Å²) in [5.41, 5.74) is 4.79. The van der Waals surface area contributed by atoms with Crippen LogP contribution in [0.4, 0.5) is 0 Å². The van der Waals surface area contributed by atoms with Crippen molar-refractivity contribution in [2.45, 2.75) is 25.8 Å². The maximum Gasteiger partial charge on any atom is 0.251 e. The standard InChI is InChI=1S/C24H33N5O/c1-25-23(30)21-10-5-7-19(17-21)11-14-28-24(26-2)27-13-6-15-29-16-12-20-8-3-4-9-22(20)18-29/h3-5,7-10,17H,6,11-16,18H2,1-2H3,(H,25,30)(H2,26,27,28). The Kier molecular flexibility index (Phi) is 8.27. The highest BCUT2D eigenvalue weighted by Gasteiger charge is 2.14.